The van der Waals surface area contributed by atoms with E-state index >= 15 is 0 Å². The van der Waals surface area contributed by atoms with E-state index in [0.29, 0.717) is 30.4 Å². The number of hydrogen-bond acceptors (Lipinski definition) is 4. The summed E-state index contributed by atoms with van der Waals surface area (Å²) in [5.41, 5.74) is 3.90. The fourth-order valence-corrected chi connectivity index (χ4v) is 3.59. The van der Waals surface area contributed by atoms with Crippen molar-refractivity contribution in [1.82, 2.24) is 9.88 Å². The largest absolute Gasteiger partial charge is 0.472 e. The second-order valence-corrected chi connectivity index (χ2v) is 7.13. The number of hydrogen-bond donors (Lipinski definition) is 1. The van der Waals surface area contributed by atoms with Gasteiger partial charge in [0.15, 0.2) is 5.84 Å². The molecule has 5 nitrogen and oxygen atoms in total. The Morgan fingerprint density at radius 2 is 1.85 bits per heavy atom. The lowest BCUT2D eigenvalue weighted by Gasteiger charge is -2.29. The Morgan fingerprint density at radius 3 is 2.50 bits per heavy atom. The van der Waals surface area contributed by atoms with Gasteiger partial charge in [-0.1, -0.05) is 29.4 Å². The first-order valence-electron chi connectivity index (χ1n) is 9.17. The van der Waals surface area contributed by atoms with E-state index in [-0.39, 0.29) is 0 Å². The van der Waals surface area contributed by atoms with Crippen LogP contribution in [0.2, 0.25) is 0 Å². The van der Waals surface area contributed by atoms with Gasteiger partial charge in [0.1, 0.15) is 6.61 Å². The molecule has 5 heteroatoms. The van der Waals surface area contributed by atoms with E-state index < -0.39 is 0 Å². The summed E-state index contributed by atoms with van der Waals surface area (Å²) in [4.78, 5) is 6.73. The number of pyridine rings is 1. The molecule has 2 atom stereocenters. The highest BCUT2D eigenvalue weighted by Crippen LogP contribution is 2.29. The summed E-state index contributed by atoms with van der Waals surface area (Å²) in [5.74, 6) is 1.04. The average molecular weight is 353 g/mol. The van der Waals surface area contributed by atoms with Crippen LogP contribution in [-0.4, -0.2) is 33.0 Å². The lowest BCUT2D eigenvalue weighted by molar-refractivity contribution is 0.274. The van der Waals surface area contributed by atoms with E-state index in [4.69, 9.17) is 4.74 Å². The number of likely N-dealkylation sites (tertiary alicyclic amines) is 1. The van der Waals surface area contributed by atoms with E-state index in [1.165, 1.54) is 5.56 Å². The summed E-state index contributed by atoms with van der Waals surface area (Å²) >= 11 is 0. The molecule has 1 fully saturated rings. The lowest BCUT2D eigenvalue weighted by atomic mass is 10.1. The topological polar surface area (TPSA) is 58.0 Å². The normalized spacial score (nSPS) is 20.5. The van der Waals surface area contributed by atoms with E-state index in [0.717, 1.165) is 29.7 Å². The summed E-state index contributed by atoms with van der Waals surface area (Å²) < 4.78 is 6.07. The standard InChI is InChI=1S/C21H27N3O2/c1-14-7-5-6-8-18(14)13-26-21-19(12-9-15(2)22-21)20(23-25)24-16(3)10-11-17(24)4/h5-9,12,16-17,25H,10-11,13H2,1-4H3/b23-20-. The third-order valence-corrected chi connectivity index (χ3v) is 5.16. The average Bonchev–Trinajstić information content (AvgIpc) is 2.95. The number of rotatable bonds is 4. The zero-order valence-electron chi connectivity index (χ0n) is 15.9. The van der Waals surface area contributed by atoms with Gasteiger partial charge < -0.3 is 14.8 Å². The molecule has 2 unspecified atom stereocenters. The fraction of sp³-hybridized carbons (Fsp3) is 0.429. The molecular formula is C21H27N3O2. The van der Waals surface area contributed by atoms with E-state index in [1.54, 1.807) is 0 Å². The second-order valence-electron chi connectivity index (χ2n) is 7.13. The lowest BCUT2D eigenvalue weighted by Crippen LogP contribution is -2.39. The minimum absolute atomic E-state index is 0.321. The number of nitrogens with zero attached hydrogens (tertiary/aromatic N) is 3. The van der Waals surface area contributed by atoms with E-state index in [2.05, 4.69) is 47.9 Å². The molecule has 3 rings (SSSR count). The van der Waals surface area contributed by atoms with Crippen LogP contribution in [0.15, 0.2) is 41.6 Å². The zero-order valence-corrected chi connectivity index (χ0v) is 15.9. The minimum atomic E-state index is 0.321. The van der Waals surface area contributed by atoms with Gasteiger partial charge in [0, 0.05) is 17.8 Å². The molecule has 1 aromatic carbocycles. The highest BCUT2D eigenvalue weighted by atomic mass is 16.5. The molecule has 0 amide bonds. The first-order chi connectivity index (χ1) is 12.5. The summed E-state index contributed by atoms with van der Waals surface area (Å²) in [7, 11) is 0. The monoisotopic (exact) mass is 353 g/mol. The molecule has 0 bridgehead atoms. The van der Waals surface area contributed by atoms with Crippen molar-refractivity contribution in [3.05, 3.63) is 58.8 Å². The zero-order chi connectivity index (χ0) is 18.7. The van der Waals surface area contributed by atoms with Gasteiger partial charge >= 0.3 is 0 Å². The molecule has 2 heterocycles. The molecule has 0 aliphatic carbocycles. The van der Waals surface area contributed by atoms with Crippen molar-refractivity contribution in [2.45, 2.75) is 59.2 Å². The highest BCUT2D eigenvalue weighted by molar-refractivity contribution is 6.00. The van der Waals surface area contributed by atoms with E-state index in [1.807, 2.05) is 31.2 Å². The Bertz CT molecular complexity index is 794. The van der Waals surface area contributed by atoms with Crippen LogP contribution in [0.1, 0.15) is 49.1 Å². The first kappa shape index (κ1) is 18.2. The Kier molecular flexibility index (Phi) is 5.45. The van der Waals surface area contributed by atoms with Gasteiger partial charge in [-0.25, -0.2) is 4.98 Å². The summed E-state index contributed by atoms with van der Waals surface area (Å²) in [6.45, 7) is 8.74. The van der Waals surface area contributed by atoms with Crippen molar-refractivity contribution in [1.29, 1.82) is 0 Å². The number of ether oxygens (including phenoxy) is 1. The number of benzene rings is 1. The second kappa shape index (κ2) is 7.77. The molecule has 0 radical (unpaired) electrons. The van der Waals surface area contributed by atoms with Crippen molar-refractivity contribution in [3.8, 4) is 5.88 Å². The molecule has 1 aliphatic heterocycles. The molecule has 0 spiro atoms. The maximum atomic E-state index is 9.76. The van der Waals surface area contributed by atoms with Gasteiger partial charge in [-0.15, -0.1) is 0 Å². The first-order valence-corrected chi connectivity index (χ1v) is 9.17. The molecule has 2 aromatic rings. The Morgan fingerprint density at radius 1 is 1.15 bits per heavy atom. The summed E-state index contributed by atoms with van der Waals surface area (Å²) in [6.07, 6.45) is 2.16. The van der Waals surface area contributed by atoms with Gasteiger partial charge in [0.25, 0.3) is 0 Å². The number of amidine groups is 1. The molecule has 26 heavy (non-hydrogen) atoms. The molecule has 1 saturated heterocycles. The van der Waals surface area contributed by atoms with Crippen molar-refractivity contribution in [2.24, 2.45) is 5.16 Å². The van der Waals surface area contributed by atoms with Crippen LogP contribution >= 0.6 is 0 Å². The van der Waals surface area contributed by atoms with Crippen LogP contribution in [0.4, 0.5) is 0 Å². The summed E-state index contributed by atoms with van der Waals surface area (Å²) in [6, 6.07) is 12.6. The molecule has 1 aromatic heterocycles. The van der Waals surface area contributed by atoms with Gasteiger partial charge in [0.2, 0.25) is 5.88 Å². The van der Waals surface area contributed by atoms with Crippen LogP contribution in [-0.2, 0) is 6.61 Å². The van der Waals surface area contributed by atoms with Crippen LogP contribution in [0, 0.1) is 13.8 Å². The molecular weight excluding hydrogens is 326 g/mol. The van der Waals surface area contributed by atoms with Gasteiger partial charge in [-0.2, -0.15) is 0 Å². The van der Waals surface area contributed by atoms with Gasteiger partial charge in [-0.05, 0) is 63.8 Å². The van der Waals surface area contributed by atoms with E-state index in [9.17, 15) is 5.21 Å². The third kappa shape index (κ3) is 3.66. The van der Waals surface area contributed by atoms with Crippen molar-refractivity contribution in [2.75, 3.05) is 0 Å². The predicted molar refractivity (Wildman–Crippen MR) is 103 cm³/mol. The number of aryl methyl sites for hydroxylation is 2. The van der Waals surface area contributed by atoms with Crippen molar-refractivity contribution in [3.63, 3.8) is 0 Å². The summed E-state index contributed by atoms with van der Waals surface area (Å²) in [5, 5.41) is 13.4. The smallest absolute Gasteiger partial charge is 0.225 e. The molecule has 0 saturated carbocycles. The SMILES string of the molecule is Cc1ccc(/C(=N/O)N2C(C)CCC2C)c(OCc2ccccc2C)n1. The van der Waals surface area contributed by atoms with Crippen LogP contribution in [0.3, 0.4) is 0 Å². The Balaban J connectivity index is 1.91. The maximum absolute atomic E-state index is 9.76. The van der Waals surface area contributed by atoms with Crippen LogP contribution in [0.25, 0.3) is 0 Å². The van der Waals surface area contributed by atoms with Crippen LogP contribution < -0.4 is 4.74 Å². The van der Waals surface area contributed by atoms with Crippen molar-refractivity contribution < 1.29 is 9.94 Å². The molecule has 1 aliphatic rings. The Hall–Kier alpha value is -2.56. The van der Waals surface area contributed by atoms with Crippen LogP contribution in [0.5, 0.6) is 5.88 Å². The third-order valence-electron chi connectivity index (χ3n) is 5.16. The maximum Gasteiger partial charge on any atom is 0.225 e. The van der Waals surface area contributed by atoms with Gasteiger partial charge in [0.05, 0.1) is 5.56 Å². The molecule has 1 N–H and O–H groups in total. The minimum Gasteiger partial charge on any atom is -0.472 e. The fourth-order valence-electron chi connectivity index (χ4n) is 3.59. The Labute approximate surface area is 155 Å². The number of oxime groups is 1. The highest BCUT2D eigenvalue weighted by Gasteiger charge is 2.32. The number of aromatic nitrogens is 1. The van der Waals surface area contributed by atoms with Crippen molar-refractivity contribution >= 4 is 5.84 Å². The van der Waals surface area contributed by atoms with Gasteiger partial charge in [-0.3, -0.25) is 0 Å². The predicted octanol–water partition coefficient (Wildman–Crippen LogP) is 4.29. The quantitative estimate of drug-likeness (QED) is 0.386. The molecule has 138 valence electrons.